The molecule has 1 atom stereocenters. The lowest BCUT2D eigenvalue weighted by Crippen LogP contribution is -2.50. The molecule has 0 radical (unpaired) electrons. The highest BCUT2D eigenvalue weighted by Gasteiger charge is 2.24. The summed E-state index contributed by atoms with van der Waals surface area (Å²) < 4.78 is 1.42. The Morgan fingerprint density at radius 1 is 0.923 bits per heavy atom. The third-order valence-electron chi connectivity index (χ3n) is 4.67. The largest absolute Gasteiger partial charge is 0.550 e. The number of carboxylic acids is 1. The lowest BCUT2D eigenvalue weighted by atomic mass is 10.1. The van der Waals surface area contributed by atoms with Crippen LogP contribution in [0, 0.1) is 11.3 Å². The second kappa shape index (κ2) is 18.7. The quantitative estimate of drug-likeness (QED) is 0.448. The number of aliphatic carboxylic acids is 1. The van der Waals surface area contributed by atoms with Crippen LogP contribution in [0.5, 0.6) is 0 Å². The van der Waals surface area contributed by atoms with Gasteiger partial charge in [0.25, 0.3) is 0 Å². The van der Waals surface area contributed by atoms with Crippen LogP contribution in [0.15, 0.2) is 0 Å². The van der Waals surface area contributed by atoms with Gasteiger partial charge in [0.05, 0.1) is 44.8 Å². The number of nitriles is 1. The van der Waals surface area contributed by atoms with E-state index < -0.39 is 18.5 Å². The molecule has 5 nitrogen and oxygen atoms in total. The van der Waals surface area contributed by atoms with Crippen molar-refractivity contribution in [2.45, 2.75) is 98.0 Å². The summed E-state index contributed by atoms with van der Waals surface area (Å²) in [6, 6.07) is 1.63. The van der Waals surface area contributed by atoms with Gasteiger partial charge in [0.2, 0.25) is 0 Å². The number of rotatable bonds is 15. The molecule has 5 heteroatoms. The maximum Gasteiger partial charge on any atom is 0.0786 e. The number of carbonyl (C=O) groups excluding carboxylic acids is 1. The Kier molecular flexibility index (Phi) is 19.5. The van der Waals surface area contributed by atoms with Gasteiger partial charge in [-0.2, -0.15) is 5.26 Å². The maximum absolute atomic E-state index is 9.70. The topological polar surface area (TPSA) is 84.1 Å². The molecule has 0 rings (SSSR count). The second-order valence-electron chi connectivity index (χ2n) is 7.24. The minimum absolute atomic E-state index is 0.159. The van der Waals surface area contributed by atoms with E-state index >= 15 is 0 Å². The number of aliphatic hydroxyl groups excluding tert-OH is 1. The van der Waals surface area contributed by atoms with Crippen LogP contribution in [0.4, 0.5) is 0 Å². The number of aliphatic hydroxyl groups is 1. The van der Waals surface area contributed by atoms with Gasteiger partial charge in [0.15, 0.2) is 0 Å². The molecule has 0 heterocycles. The maximum atomic E-state index is 9.70. The van der Waals surface area contributed by atoms with E-state index in [1.807, 2.05) is 0 Å². The summed E-state index contributed by atoms with van der Waals surface area (Å²) in [7, 11) is 0. The molecule has 0 aromatic rings. The van der Waals surface area contributed by atoms with Crippen LogP contribution in [0.2, 0.25) is 0 Å². The van der Waals surface area contributed by atoms with Crippen molar-refractivity contribution in [3.05, 3.63) is 0 Å². The van der Waals surface area contributed by atoms with Crippen molar-refractivity contribution in [3.8, 4) is 6.07 Å². The number of carboxylic acid groups (broad SMARTS) is 1. The first kappa shape index (κ1) is 27.1. The number of quaternary nitrogens is 1. The summed E-state index contributed by atoms with van der Waals surface area (Å²) in [6.07, 6.45) is 9.35. The third kappa shape index (κ3) is 16.4. The van der Waals surface area contributed by atoms with Crippen LogP contribution in [-0.4, -0.2) is 47.8 Å². The smallest absolute Gasteiger partial charge is 0.0786 e. The monoisotopic (exact) mass is 370 g/mol. The first-order chi connectivity index (χ1) is 12.4. The molecule has 154 valence electrons. The summed E-state index contributed by atoms with van der Waals surface area (Å²) >= 11 is 0. The van der Waals surface area contributed by atoms with Crippen LogP contribution in [-0.2, 0) is 4.79 Å². The van der Waals surface area contributed by atoms with Crippen molar-refractivity contribution in [2.24, 2.45) is 0 Å². The molecule has 0 amide bonds. The van der Waals surface area contributed by atoms with Crippen molar-refractivity contribution in [2.75, 3.05) is 26.2 Å². The molecule has 0 spiro atoms. The van der Waals surface area contributed by atoms with E-state index in [-0.39, 0.29) is 6.42 Å². The molecule has 0 aliphatic carbocycles. The molecule has 0 saturated heterocycles. The van der Waals surface area contributed by atoms with Gasteiger partial charge in [-0.05, 0) is 25.7 Å². The Morgan fingerprint density at radius 2 is 1.27 bits per heavy atom. The number of unbranched alkanes of at least 4 members (excludes halogenated alkanes) is 4. The van der Waals surface area contributed by atoms with Crippen LogP contribution in [0.3, 0.4) is 0 Å². The zero-order valence-corrected chi connectivity index (χ0v) is 17.6. The minimum atomic E-state index is -1.34. The summed E-state index contributed by atoms with van der Waals surface area (Å²) in [5, 5.41) is 26.2. The predicted octanol–water partition coefficient (Wildman–Crippen LogP) is 3.40. The highest BCUT2D eigenvalue weighted by Crippen LogP contribution is 2.16. The Hall–Kier alpha value is -1.12. The molecule has 0 aromatic heterocycles. The molecule has 0 aromatic carbocycles. The van der Waals surface area contributed by atoms with Gasteiger partial charge in [-0.1, -0.05) is 53.4 Å². The van der Waals surface area contributed by atoms with Crippen molar-refractivity contribution in [1.29, 1.82) is 5.26 Å². The molecule has 0 unspecified atom stereocenters. The van der Waals surface area contributed by atoms with Crippen molar-refractivity contribution >= 4 is 5.97 Å². The van der Waals surface area contributed by atoms with E-state index in [0.717, 1.165) is 0 Å². The van der Waals surface area contributed by atoms with Crippen LogP contribution in [0.1, 0.15) is 91.9 Å². The number of carbonyl (C=O) groups is 1. The molecule has 26 heavy (non-hydrogen) atoms. The fourth-order valence-electron chi connectivity index (χ4n) is 3.01. The number of hydrogen-bond acceptors (Lipinski definition) is 4. The highest BCUT2D eigenvalue weighted by atomic mass is 16.4. The Labute approximate surface area is 161 Å². The van der Waals surface area contributed by atoms with E-state index in [1.165, 1.54) is 82.0 Å². The SMILES string of the molecule is CCCC[N+](CCCC)(CCCC)CCCC.N#CC[C@@H](O)CC(=O)[O-]. The predicted molar refractivity (Wildman–Crippen MR) is 105 cm³/mol. The van der Waals surface area contributed by atoms with E-state index in [1.54, 1.807) is 6.07 Å². The molecule has 0 bridgehead atoms. The number of nitrogens with zero attached hydrogens (tertiary/aromatic N) is 2. The summed E-state index contributed by atoms with van der Waals surface area (Å²) in [6.45, 7) is 15.0. The van der Waals surface area contributed by atoms with Gasteiger partial charge in [0, 0.05) is 12.4 Å². The Balaban J connectivity index is 0. The molecule has 0 saturated carbocycles. The summed E-state index contributed by atoms with van der Waals surface area (Å²) in [5.74, 6) is -1.34. The van der Waals surface area contributed by atoms with E-state index in [2.05, 4.69) is 27.7 Å². The van der Waals surface area contributed by atoms with Gasteiger partial charge in [-0.3, -0.25) is 0 Å². The standard InChI is InChI=1S/C16H36N.C5H7NO3/c1-5-9-13-17(14-10-6-2,15-11-7-3)16-12-8-4;6-2-1-4(7)3-5(8)9/h5-16H2,1-4H3;4,7H,1,3H2,(H,8,9)/q+1;/p-1/t;4-/m.1/s1. The zero-order valence-electron chi connectivity index (χ0n) is 17.6. The van der Waals surface area contributed by atoms with E-state index in [9.17, 15) is 9.90 Å². The third-order valence-corrected chi connectivity index (χ3v) is 4.67. The number of hydrogen-bond donors (Lipinski definition) is 1. The first-order valence-corrected chi connectivity index (χ1v) is 10.5. The van der Waals surface area contributed by atoms with Crippen LogP contribution >= 0.6 is 0 Å². The van der Waals surface area contributed by atoms with Crippen molar-refractivity contribution < 1.29 is 19.5 Å². The normalized spacial score (nSPS) is 12.0. The van der Waals surface area contributed by atoms with Gasteiger partial charge in [0.1, 0.15) is 0 Å². The molecule has 0 fully saturated rings. The molecular weight excluding hydrogens is 328 g/mol. The van der Waals surface area contributed by atoms with E-state index in [4.69, 9.17) is 10.4 Å². The first-order valence-electron chi connectivity index (χ1n) is 10.5. The van der Waals surface area contributed by atoms with E-state index in [0.29, 0.717) is 0 Å². The van der Waals surface area contributed by atoms with Crippen LogP contribution in [0.25, 0.3) is 0 Å². The van der Waals surface area contributed by atoms with Crippen molar-refractivity contribution in [1.82, 2.24) is 0 Å². The van der Waals surface area contributed by atoms with Crippen molar-refractivity contribution in [3.63, 3.8) is 0 Å². The summed E-state index contributed by atoms with van der Waals surface area (Å²) in [4.78, 5) is 9.70. The molecule has 0 aliphatic rings. The fraction of sp³-hybridized carbons (Fsp3) is 0.905. The fourth-order valence-corrected chi connectivity index (χ4v) is 3.01. The Bertz CT molecular complexity index is 329. The highest BCUT2D eigenvalue weighted by molar-refractivity contribution is 5.64. The lowest BCUT2D eigenvalue weighted by molar-refractivity contribution is -0.929. The summed E-state index contributed by atoms with van der Waals surface area (Å²) in [5.41, 5.74) is 0. The Morgan fingerprint density at radius 3 is 1.50 bits per heavy atom. The molecule has 0 aliphatic heterocycles. The molecule has 1 N–H and O–H groups in total. The molecular formula is C21H42N2O3. The van der Waals surface area contributed by atoms with Gasteiger partial charge in [-0.15, -0.1) is 0 Å². The second-order valence-corrected chi connectivity index (χ2v) is 7.24. The van der Waals surface area contributed by atoms with Crippen LogP contribution < -0.4 is 5.11 Å². The van der Waals surface area contributed by atoms with Gasteiger partial charge in [-0.25, -0.2) is 0 Å². The average Bonchev–Trinajstić information content (AvgIpc) is 2.60. The van der Waals surface area contributed by atoms with Gasteiger partial charge >= 0.3 is 0 Å². The lowest BCUT2D eigenvalue weighted by Gasteiger charge is -2.39. The average molecular weight is 371 g/mol. The zero-order chi connectivity index (χ0) is 20.3. The minimum Gasteiger partial charge on any atom is -0.550 e. The van der Waals surface area contributed by atoms with Gasteiger partial charge < -0.3 is 19.5 Å².